The van der Waals surface area contributed by atoms with E-state index in [1.54, 1.807) is 38.1 Å². The molecule has 15 nitrogen and oxygen atoms in total. The van der Waals surface area contributed by atoms with Crippen molar-refractivity contribution in [2.75, 3.05) is 32.1 Å². The van der Waals surface area contributed by atoms with E-state index < -0.39 is 49.7 Å². The maximum absolute atomic E-state index is 14.4. The fraction of sp³-hybridized carbons (Fsp3) is 0.361. The minimum absolute atomic E-state index is 0.0378. The Kier molecular flexibility index (Phi) is 11.4. The van der Waals surface area contributed by atoms with Crippen LogP contribution in [0.2, 0.25) is 0 Å². The first kappa shape index (κ1) is 39.4. The Balaban J connectivity index is 1.55. The molecule has 1 aromatic heterocycles. The van der Waals surface area contributed by atoms with Gasteiger partial charge in [0, 0.05) is 43.4 Å². The summed E-state index contributed by atoms with van der Waals surface area (Å²) >= 11 is 0. The van der Waals surface area contributed by atoms with E-state index >= 15 is 0 Å². The molecule has 2 heterocycles. The minimum atomic E-state index is -4.23. The summed E-state index contributed by atoms with van der Waals surface area (Å²) in [6.07, 6.45) is 0.196. The van der Waals surface area contributed by atoms with Crippen molar-refractivity contribution in [1.29, 1.82) is 0 Å². The van der Waals surface area contributed by atoms with Gasteiger partial charge in [0.2, 0.25) is 11.0 Å². The molecular weight excluding hydrogens is 731 g/mol. The molecule has 5 rings (SSSR count). The van der Waals surface area contributed by atoms with E-state index in [0.29, 0.717) is 55.6 Å². The quantitative estimate of drug-likeness (QED) is 0.0360. The lowest BCUT2D eigenvalue weighted by Crippen LogP contribution is -2.40. The van der Waals surface area contributed by atoms with Gasteiger partial charge in [0.05, 0.1) is 54.0 Å². The van der Waals surface area contributed by atoms with Gasteiger partial charge >= 0.3 is 11.9 Å². The molecule has 2 amide bonds. The fourth-order valence-electron chi connectivity index (χ4n) is 6.59. The van der Waals surface area contributed by atoms with Gasteiger partial charge < -0.3 is 14.1 Å². The zero-order valence-corrected chi connectivity index (χ0v) is 31.3. The number of ether oxygens (including phenoxy) is 1. The molecule has 282 valence electrons. The summed E-state index contributed by atoms with van der Waals surface area (Å²) in [7, 11) is -4.54. The first-order valence-electron chi connectivity index (χ1n) is 16.7. The van der Waals surface area contributed by atoms with Crippen LogP contribution in [0.1, 0.15) is 63.1 Å². The number of nitrogens with zero attached hydrogens (tertiary/aromatic N) is 3. The van der Waals surface area contributed by atoms with Gasteiger partial charge in [-0.05, 0) is 55.3 Å². The van der Waals surface area contributed by atoms with Crippen molar-refractivity contribution in [1.82, 2.24) is 5.06 Å². The number of carbonyl (C=O) groups excluding carboxylic acids is 4. The Labute approximate surface area is 306 Å². The van der Waals surface area contributed by atoms with E-state index in [1.807, 2.05) is 36.9 Å². The summed E-state index contributed by atoms with van der Waals surface area (Å²) in [5.74, 6) is -3.56. The van der Waals surface area contributed by atoms with Gasteiger partial charge in [-0.15, -0.1) is 5.06 Å². The second-order valence-electron chi connectivity index (χ2n) is 13.8. The summed E-state index contributed by atoms with van der Waals surface area (Å²) in [4.78, 5) is 56.2. The normalized spacial score (nSPS) is 14.0. The predicted octanol–water partition coefficient (Wildman–Crippen LogP) is 3.47. The third-order valence-electron chi connectivity index (χ3n) is 8.92. The maximum Gasteiger partial charge on any atom is 0.363 e. The second-order valence-corrected chi connectivity index (χ2v) is 16.9. The third kappa shape index (κ3) is 9.60. The van der Waals surface area contributed by atoms with Crippen LogP contribution in [0.4, 0.5) is 0 Å². The van der Waals surface area contributed by atoms with Gasteiger partial charge in [-0.2, -0.15) is 21.4 Å². The number of para-hydroxylation sites is 1. The molecule has 0 radical (unpaired) electrons. The van der Waals surface area contributed by atoms with E-state index in [0.717, 1.165) is 5.56 Å². The number of hydrogen-bond acceptors (Lipinski definition) is 10. The zero-order chi connectivity index (χ0) is 38.9. The largest absolute Gasteiger partial charge is 0.422 e. The van der Waals surface area contributed by atoms with Crippen LogP contribution in [-0.2, 0) is 47.8 Å². The average molecular weight is 772 g/mol. The highest BCUT2D eigenvalue weighted by Gasteiger charge is 2.34. The highest BCUT2D eigenvalue weighted by atomic mass is 32.2. The van der Waals surface area contributed by atoms with Crippen LogP contribution in [0.3, 0.4) is 0 Å². The number of fused-ring (bicyclic) bond motifs is 2. The molecule has 17 heteroatoms. The maximum atomic E-state index is 14.4. The number of esters is 1. The monoisotopic (exact) mass is 771 g/mol. The number of hydroxylamine groups is 2. The molecule has 53 heavy (non-hydrogen) atoms. The number of aryl methyl sites for hydroxylation is 3. The molecule has 0 aliphatic carbocycles. The van der Waals surface area contributed by atoms with Crippen LogP contribution in [-0.4, -0.2) is 91.4 Å². The van der Waals surface area contributed by atoms with Crippen molar-refractivity contribution >= 4 is 65.8 Å². The van der Waals surface area contributed by atoms with Gasteiger partial charge in [-0.3, -0.25) is 18.7 Å². The summed E-state index contributed by atoms with van der Waals surface area (Å²) in [5, 5.41) is 1.45. The molecule has 1 aliphatic heterocycles. The van der Waals surface area contributed by atoms with Gasteiger partial charge in [0.25, 0.3) is 32.1 Å². The Morgan fingerprint density at radius 1 is 0.811 bits per heavy atom. The van der Waals surface area contributed by atoms with Gasteiger partial charge in [-0.25, -0.2) is 9.59 Å². The lowest BCUT2D eigenvalue weighted by atomic mass is 9.99. The smallest absolute Gasteiger partial charge is 0.363 e. The Morgan fingerprint density at radius 2 is 1.40 bits per heavy atom. The molecule has 2 N–H and O–H groups in total. The van der Waals surface area contributed by atoms with E-state index in [2.05, 4.69) is 0 Å². The molecule has 0 spiro atoms. The summed E-state index contributed by atoms with van der Waals surface area (Å²) in [5.41, 5.74) is 3.05. The number of aromatic nitrogens is 1. The number of hydrogen-bond donors (Lipinski definition) is 2. The number of imide groups is 1. The molecule has 0 unspecified atom stereocenters. The Hall–Kier alpha value is -4.81. The van der Waals surface area contributed by atoms with Gasteiger partial charge in [-0.1, -0.05) is 12.1 Å². The molecule has 3 aromatic carbocycles. The van der Waals surface area contributed by atoms with Crippen molar-refractivity contribution in [2.45, 2.75) is 52.6 Å². The van der Waals surface area contributed by atoms with Crippen molar-refractivity contribution in [3.63, 3.8) is 0 Å². The van der Waals surface area contributed by atoms with E-state index in [9.17, 15) is 45.1 Å². The van der Waals surface area contributed by atoms with Crippen LogP contribution in [0.5, 0.6) is 5.75 Å². The molecule has 0 saturated carbocycles. The molecule has 1 aliphatic rings. The van der Waals surface area contributed by atoms with Crippen LogP contribution in [0, 0.1) is 13.8 Å². The van der Waals surface area contributed by atoms with Crippen molar-refractivity contribution in [2.24, 2.45) is 0 Å². The lowest BCUT2D eigenvalue weighted by molar-refractivity contribution is -0.903. The first-order valence-corrected chi connectivity index (χ1v) is 20.0. The number of pyridine rings is 1. The van der Waals surface area contributed by atoms with Crippen molar-refractivity contribution < 1.29 is 63.7 Å². The van der Waals surface area contributed by atoms with E-state index in [-0.39, 0.29) is 54.9 Å². The first-order chi connectivity index (χ1) is 24.7. The number of quaternary nitrogens is 1. The summed E-state index contributed by atoms with van der Waals surface area (Å²) < 4.78 is 72.6. The SMILES string of the molecule is Cc1cc(C(=O)ON2C(=O)CCC2=O)cc(C)c1OC(=O)c1c2ccccc2[n+](CCCS(=O)(=O)O)c2ccc(C[N+](C)(C)CCCS(=O)(=O)O)cc12. The van der Waals surface area contributed by atoms with Crippen LogP contribution in [0.25, 0.3) is 21.8 Å². The predicted molar refractivity (Wildman–Crippen MR) is 192 cm³/mol. The number of amides is 2. The van der Waals surface area contributed by atoms with Crippen LogP contribution in [0.15, 0.2) is 54.6 Å². The molecule has 0 bridgehead atoms. The third-order valence-corrected chi connectivity index (χ3v) is 10.5. The standard InChI is InChI=1S/C36H39N3O12S2/c1-23-19-26(35(42)51-38-31(40)13-14-32(38)41)20-24(2)34(23)50-36(43)33-27-9-5-6-10-29(27)37(15-7-17-52(44,45)46)30-12-11-25(21-28(30)33)22-39(3,4)16-8-18-53(47,48)49/h5-6,9-12,19-21H,7-8,13-18,22H2,1-4H3/p+2. The van der Waals surface area contributed by atoms with E-state index in [1.165, 1.54) is 12.1 Å². The zero-order valence-electron chi connectivity index (χ0n) is 29.7. The van der Waals surface area contributed by atoms with Crippen LogP contribution < -0.4 is 9.30 Å². The Morgan fingerprint density at radius 3 is 2.02 bits per heavy atom. The molecule has 0 atom stereocenters. The molecular formula is C36H41N3O12S2+2. The number of carbonyl (C=O) groups is 4. The number of benzene rings is 3. The average Bonchev–Trinajstić information content (AvgIpc) is 3.36. The molecule has 1 fully saturated rings. The Bertz CT molecular complexity index is 2340. The van der Waals surface area contributed by atoms with Gasteiger partial charge in [0.15, 0.2) is 6.54 Å². The highest BCUT2D eigenvalue weighted by molar-refractivity contribution is 7.86. The fourth-order valence-corrected chi connectivity index (χ4v) is 7.58. The highest BCUT2D eigenvalue weighted by Crippen LogP contribution is 2.31. The molecule has 1 saturated heterocycles. The summed E-state index contributed by atoms with van der Waals surface area (Å²) in [6, 6.07) is 15.4. The minimum Gasteiger partial charge on any atom is -0.422 e. The van der Waals surface area contributed by atoms with Crippen molar-refractivity contribution in [3.05, 3.63) is 82.4 Å². The lowest BCUT2D eigenvalue weighted by Gasteiger charge is -2.30. The van der Waals surface area contributed by atoms with Crippen molar-refractivity contribution in [3.8, 4) is 5.75 Å². The van der Waals surface area contributed by atoms with Crippen LogP contribution >= 0.6 is 0 Å². The van der Waals surface area contributed by atoms with E-state index in [4.69, 9.17) is 9.57 Å². The topological polar surface area (TPSA) is 203 Å². The van der Waals surface area contributed by atoms with Gasteiger partial charge in [0.1, 0.15) is 12.3 Å². The second kappa shape index (κ2) is 15.3. The number of rotatable bonds is 14. The molecule has 4 aromatic rings. The summed E-state index contributed by atoms with van der Waals surface area (Å²) in [6.45, 7) is 4.29.